The molecule has 0 aliphatic carbocycles. The van der Waals surface area contributed by atoms with Gasteiger partial charge in [-0.2, -0.15) is 0 Å². The van der Waals surface area contributed by atoms with E-state index in [-0.39, 0.29) is 30.4 Å². The van der Waals surface area contributed by atoms with Crippen LogP contribution in [0.25, 0.3) is 0 Å². The van der Waals surface area contributed by atoms with Crippen molar-refractivity contribution < 1.29 is 18.8 Å². The van der Waals surface area contributed by atoms with Crippen LogP contribution in [0.15, 0.2) is 42.5 Å². The van der Waals surface area contributed by atoms with Crippen LogP contribution in [0.3, 0.4) is 0 Å². The summed E-state index contributed by atoms with van der Waals surface area (Å²) < 4.78 is 20.0. The van der Waals surface area contributed by atoms with Crippen molar-refractivity contribution in [1.29, 1.82) is 0 Å². The molecule has 1 saturated heterocycles. The average Bonchev–Trinajstić information content (AvgIpc) is 2.97. The molecule has 2 aromatic rings. The summed E-state index contributed by atoms with van der Waals surface area (Å²) in [6.45, 7) is 3.76. The van der Waals surface area contributed by atoms with Gasteiger partial charge in [-0.05, 0) is 31.5 Å². The number of nitro groups is 1. The number of carbonyl (C=O) groups is 1. The molecule has 136 valence electrons. The Kier molecular flexibility index (Phi) is 4.88. The molecule has 0 bridgehead atoms. The molecule has 2 aromatic carbocycles. The van der Waals surface area contributed by atoms with Gasteiger partial charge in [0.15, 0.2) is 6.17 Å². The summed E-state index contributed by atoms with van der Waals surface area (Å²) in [4.78, 5) is 24.4. The lowest BCUT2D eigenvalue weighted by atomic mass is 10.0. The minimum atomic E-state index is -1.36. The Labute approximate surface area is 150 Å². The highest BCUT2D eigenvalue weighted by Crippen LogP contribution is 2.25. The fraction of sp³-hybridized carbons (Fsp3) is 0.316. The van der Waals surface area contributed by atoms with Crippen molar-refractivity contribution in [3.63, 3.8) is 0 Å². The molecule has 0 saturated carbocycles. The number of ether oxygens (including phenoxy) is 1. The number of halogens is 1. The first-order valence-corrected chi connectivity index (χ1v) is 8.27. The zero-order valence-electron chi connectivity index (χ0n) is 14.5. The van der Waals surface area contributed by atoms with Gasteiger partial charge in [0.2, 0.25) is 0 Å². The van der Waals surface area contributed by atoms with E-state index in [1.54, 1.807) is 6.07 Å². The second-order valence-electron chi connectivity index (χ2n) is 6.46. The molecule has 1 aliphatic heterocycles. The van der Waals surface area contributed by atoms with Gasteiger partial charge in [0.1, 0.15) is 11.9 Å². The van der Waals surface area contributed by atoms with Gasteiger partial charge in [0, 0.05) is 11.6 Å². The number of nitrogens with zero attached hydrogens (tertiary/aromatic N) is 2. The summed E-state index contributed by atoms with van der Waals surface area (Å²) in [5.74, 6) is -0.0214. The van der Waals surface area contributed by atoms with Gasteiger partial charge in [-0.15, -0.1) is 0 Å². The van der Waals surface area contributed by atoms with E-state index >= 15 is 0 Å². The number of hydrogen-bond acceptors (Lipinski definition) is 4. The van der Waals surface area contributed by atoms with Crippen molar-refractivity contribution in [2.75, 3.05) is 13.1 Å². The highest BCUT2D eigenvalue weighted by Gasteiger charge is 2.37. The quantitative estimate of drug-likeness (QED) is 0.620. The smallest absolute Gasteiger partial charge is 0.273 e. The van der Waals surface area contributed by atoms with Gasteiger partial charge in [0.05, 0.1) is 24.1 Å². The summed E-state index contributed by atoms with van der Waals surface area (Å²) in [7, 11) is 0. The molecule has 0 N–H and O–H groups in total. The number of aryl methyl sites for hydroxylation is 2. The maximum Gasteiger partial charge on any atom is 0.273 e. The number of nitro benzene ring substituents is 1. The minimum absolute atomic E-state index is 0.0637. The number of non-ortho nitro benzene ring substituents is 1. The minimum Gasteiger partial charge on any atom is -0.485 e. The number of alkyl halides is 1. The fourth-order valence-electron chi connectivity index (χ4n) is 2.99. The van der Waals surface area contributed by atoms with Gasteiger partial charge in [-0.25, -0.2) is 4.39 Å². The van der Waals surface area contributed by atoms with E-state index in [1.165, 1.54) is 29.2 Å². The Hall–Kier alpha value is -2.96. The Morgan fingerprint density at radius 1 is 1.23 bits per heavy atom. The van der Waals surface area contributed by atoms with Crippen LogP contribution in [0.2, 0.25) is 0 Å². The van der Waals surface area contributed by atoms with E-state index in [0.29, 0.717) is 5.56 Å². The number of benzene rings is 2. The van der Waals surface area contributed by atoms with Crippen LogP contribution >= 0.6 is 0 Å². The molecule has 26 heavy (non-hydrogen) atoms. The van der Waals surface area contributed by atoms with Gasteiger partial charge in [-0.3, -0.25) is 14.9 Å². The molecular weight excluding hydrogens is 339 g/mol. The van der Waals surface area contributed by atoms with E-state index in [4.69, 9.17) is 4.74 Å². The van der Waals surface area contributed by atoms with Gasteiger partial charge in [-0.1, -0.05) is 23.8 Å². The van der Waals surface area contributed by atoms with E-state index in [0.717, 1.165) is 11.1 Å². The maximum atomic E-state index is 14.4. The van der Waals surface area contributed by atoms with E-state index in [9.17, 15) is 19.3 Å². The molecular formula is C19H19FN2O4. The van der Waals surface area contributed by atoms with Crippen LogP contribution < -0.4 is 4.74 Å². The van der Waals surface area contributed by atoms with Gasteiger partial charge in [0.25, 0.3) is 11.6 Å². The number of likely N-dealkylation sites (tertiary alicyclic amines) is 1. The molecule has 7 heteroatoms. The zero-order chi connectivity index (χ0) is 18.8. The van der Waals surface area contributed by atoms with Crippen LogP contribution in [-0.4, -0.2) is 41.1 Å². The lowest BCUT2D eigenvalue weighted by Gasteiger charge is -2.18. The third-order valence-corrected chi connectivity index (χ3v) is 4.43. The standard InChI is InChI=1S/C19H19FN2O4/c1-12-6-7-13(2)16(8-12)19(23)21-10-17(20)18(11-21)26-15-5-3-4-14(9-15)22(24)25/h3-9,17-18H,10-11H2,1-2H3/t17-,18-/m1/s1. The summed E-state index contributed by atoms with van der Waals surface area (Å²) in [5, 5.41) is 10.8. The average molecular weight is 358 g/mol. The van der Waals surface area contributed by atoms with Crippen LogP contribution in [-0.2, 0) is 0 Å². The van der Waals surface area contributed by atoms with Crippen molar-refractivity contribution in [3.8, 4) is 5.75 Å². The molecule has 1 aliphatic rings. The predicted molar refractivity (Wildman–Crippen MR) is 94.2 cm³/mol. The molecule has 3 rings (SSSR count). The third-order valence-electron chi connectivity index (χ3n) is 4.43. The highest BCUT2D eigenvalue weighted by atomic mass is 19.1. The van der Waals surface area contributed by atoms with Crippen LogP contribution in [0.5, 0.6) is 5.75 Å². The molecule has 0 aromatic heterocycles. The SMILES string of the molecule is Cc1ccc(C)c(C(=O)N2C[C@@H](F)[C@H](Oc3cccc([N+](=O)[O-])c3)C2)c1. The molecule has 2 atom stereocenters. The highest BCUT2D eigenvalue weighted by molar-refractivity contribution is 5.96. The Bertz CT molecular complexity index is 855. The maximum absolute atomic E-state index is 14.4. The van der Waals surface area contributed by atoms with E-state index < -0.39 is 17.2 Å². The molecule has 6 nitrogen and oxygen atoms in total. The van der Waals surface area contributed by atoms with Crippen LogP contribution in [0.4, 0.5) is 10.1 Å². The first-order valence-electron chi connectivity index (χ1n) is 8.27. The summed E-state index contributed by atoms with van der Waals surface area (Å²) in [6.07, 6.45) is -2.21. The van der Waals surface area contributed by atoms with E-state index in [2.05, 4.69) is 0 Å². The number of amides is 1. The molecule has 0 unspecified atom stereocenters. The number of rotatable bonds is 4. The van der Waals surface area contributed by atoms with Crippen molar-refractivity contribution in [3.05, 3.63) is 69.3 Å². The van der Waals surface area contributed by atoms with Crippen LogP contribution in [0.1, 0.15) is 21.5 Å². The summed E-state index contributed by atoms with van der Waals surface area (Å²) >= 11 is 0. The number of hydrogen-bond donors (Lipinski definition) is 0. The second-order valence-corrected chi connectivity index (χ2v) is 6.46. The van der Waals surface area contributed by atoms with Crippen LogP contribution in [0, 0.1) is 24.0 Å². The fourth-order valence-corrected chi connectivity index (χ4v) is 2.99. The normalized spacial score (nSPS) is 19.4. The van der Waals surface area contributed by atoms with Gasteiger partial charge < -0.3 is 9.64 Å². The Morgan fingerprint density at radius 2 is 2.00 bits per heavy atom. The summed E-state index contributed by atoms with van der Waals surface area (Å²) in [6, 6.07) is 11.2. The monoisotopic (exact) mass is 358 g/mol. The van der Waals surface area contributed by atoms with Crippen molar-refractivity contribution in [1.82, 2.24) is 4.90 Å². The van der Waals surface area contributed by atoms with Gasteiger partial charge >= 0.3 is 0 Å². The molecule has 0 radical (unpaired) electrons. The van der Waals surface area contributed by atoms with Crippen molar-refractivity contribution in [2.24, 2.45) is 0 Å². The van der Waals surface area contributed by atoms with E-state index in [1.807, 2.05) is 26.0 Å². The Morgan fingerprint density at radius 3 is 2.73 bits per heavy atom. The second kappa shape index (κ2) is 7.11. The van der Waals surface area contributed by atoms with Crippen molar-refractivity contribution in [2.45, 2.75) is 26.1 Å². The first-order chi connectivity index (χ1) is 12.3. The summed E-state index contributed by atoms with van der Waals surface area (Å²) in [5.41, 5.74) is 2.21. The largest absolute Gasteiger partial charge is 0.485 e. The predicted octanol–water partition coefficient (Wildman–Crippen LogP) is 3.45. The molecule has 1 amide bonds. The number of carbonyl (C=O) groups excluding carboxylic acids is 1. The molecule has 1 fully saturated rings. The lowest BCUT2D eigenvalue weighted by molar-refractivity contribution is -0.385. The first kappa shape index (κ1) is 17.8. The Balaban J connectivity index is 1.73. The van der Waals surface area contributed by atoms with Crippen molar-refractivity contribution >= 4 is 11.6 Å². The molecule has 0 spiro atoms. The molecule has 1 heterocycles. The third kappa shape index (κ3) is 3.66. The topological polar surface area (TPSA) is 72.7 Å². The lowest BCUT2D eigenvalue weighted by Crippen LogP contribution is -2.31. The zero-order valence-corrected chi connectivity index (χ0v) is 14.5.